The molecule has 0 saturated carbocycles. The zero-order chi connectivity index (χ0) is 14.2. The smallest absolute Gasteiger partial charge is 0.0110 e. The van der Waals surface area contributed by atoms with Gasteiger partial charge in [-0.1, -0.05) is 6.92 Å². The van der Waals surface area contributed by atoms with Gasteiger partial charge in [0, 0.05) is 45.8 Å². The SMILES string of the molecule is CCCN(CCN1CCN(C)CC1)CC1CCCNC1. The minimum Gasteiger partial charge on any atom is -0.316 e. The summed E-state index contributed by atoms with van der Waals surface area (Å²) in [6.45, 7) is 14.8. The summed E-state index contributed by atoms with van der Waals surface area (Å²) in [7, 11) is 2.23. The van der Waals surface area contributed by atoms with Crippen LogP contribution in [0.15, 0.2) is 0 Å². The fourth-order valence-corrected chi connectivity index (χ4v) is 3.41. The molecular formula is C16H34N4. The molecule has 1 unspecified atom stereocenters. The summed E-state index contributed by atoms with van der Waals surface area (Å²) < 4.78 is 0. The van der Waals surface area contributed by atoms with Crippen LogP contribution in [0.4, 0.5) is 0 Å². The molecule has 4 nitrogen and oxygen atoms in total. The molecule has 2 fully saturated rings. The Labute approximate surface area is 125 Å². The Kier molecular flexibility index (Phi) is 7.28. The van der Waals surface area contributed by atoms with Gasteiger partial charge in [-0.2, -0.15) is 0 Å². The van der Waals surface area contributed by atoms with Crippen molar-refractivity contribution in [2.75, 3.05) is 72.5 Å². The van der Waals surface area contributed by atoms with Gasteiger partial charge < -0.3 is 15.1 Å². The second-order valence-electron chi connectivity index (χ2n) is 6.66. The second-order valence-corrected chi connectivity index (χ2v) is 6.66. The molecule has 4 heteroatoms. The highest BCUT2D eigenvalue weighted by molar-refractivity contribution is 4.75. The van der Waals surface area contributed by atoms with E-state index in [1.165, 1.54) is 84.7 Å². The quantitative estimate of drug-likeness (QED) is 0.750. The Balaban J connectivity index is 1.68. The van der Waals surface area contributed by atoms with Gasteiger partial charge in [-0.15, -0.1) is 0 Å². The molecule has 0 aromatic carbocycles. The molecule has 0 radical (unpaired) electrons. The number of piperazine rings is 1. The Hall–Kier alpha value is -0.160. The van der Waals surface area contributed by atoms with Gasteiger partial charge in [-0.25, -0.2) is 0 Å². The van der Waals surface area contributed by atoms with Crippen LogP contribution in [-0.4, -0.2) is 87.2 Å². The average Bonchev–Trinajstić information content (AvgIpc) is 2.48. The maximum Gasteiger partial charge on any atom is 0.0110 e. The van der Waals surface area contributed by atoms with Crippen LogP contribution in [0.1, 0.15) is 26.2 Å². The summed E-state index contributed by atoms with van der Waals surface area (Å²) in [6, 6.07) is 0. The summed E-state index contributed by atoms with van der Waals surface area (Å²) in [4.78, 5) is 7.78. The molecule has 0 aromatic rings. The van der Waals surface area contributed by atoms with Gasteiger partial charge in [0.2, 0.25) is 0 Å². The molecule has 1 N–H and O–H groups in total. The highest BCUT2D eigenvalue weighted by Crippen LogP contribution is 2.12. The molecule has 118 valence electrons. The largest absolute Gasteiger partial charge is 0.316 e. The summed E-state index contributed by atoms with van der Waals surface area (Å²) in [6.07, 6.45) is 4.06. The number of nitrogens with zero attached hydrogens (tertiary/aromatic N) is 3. The highest BCUT2D eigenvalue weighted by atomic mass is 15.3. The molecule has 1 atom stereocenters. The average molecular weight is 282 g/mol. The molecule has 0 spiro atoms. The van der Waals surface area contributed by atoms with E-state index in [1.807, 2.05) is 0 Å². The van der Waals surface area contributed by atoms with E-state index in [0.29, 0.717) is 0 Å². The minimum atomic E-state index is 0.878. The molecule has 0 amide bonds. The van der Waals surface area contributed by atoms with Gasteiger partial charge in [0.05, 0.1) is 0 Å². The van der Waals surface area contributed by atoms with E-state index in [4.69, 9.17) is 0 Å². The predicted octanol–water partition coefficient (Wildman–Crippen LogP) is 0.945. The van der Waals surface area contributed by atoms with Crippen molar-refractivity contribution < 1.29 is 0 Å². The van der Waals surface area contributed by atoms with Crippen LogP contribution in [0, 0.1) is 5.92 Å². The fraction of sp³-hybridized carbons (Fsp3) is 1.00. The Bertz CT molecular complexity index is 245. The summed E-state index contributed by atoms with van der Waals surface area (Å²) in [5.41, 5.74) is 0. The van der Waals surface area contributed by atoms with Crippen LogP contribution in [0.3, 0.4) is 0 Å². The molecule has 20 heavy (non-hydrogen) atoms. The van der Waals surface area contributed by atoms with Crippen LogP contribution in [-0.2, 0) is 0 Å². The first-order valence-corrected chi connectivity index (χ1v) is 8.62. The molecule has 2 heterocycles. The van der Waals surface area contributed by atoms with E-state index in [-0.39, 0.29) is 0 Å². The van der Waals surface area contributed by atoms with Crippen molar-refractivity contribution in [3.63, 3.8) is 0 Å². The maximum absolute atomic E-state index is 3.55. The number of piperidine rings is 1. The second kappa shape index (κ2) is 8.98. The van der Waals surface area contributed by atoms with Crippen molar-refractivity contribution in [1.82, 2.24) is 20.0 Å². The molecule has 0 aromatic heterocycles. The number of rotatable bonds is 7. The number of nitrogens with one attached hydrogen (secondary N) is 1. The molecule has 2 aliphatic heterocycles. The summed E-state index contributed by atoms with van der Waals surface area (Å²) in [5, 5.41) is 3.55. The van der Waals surface area contributed by atoms with Crippen molar-refractivity contribution in [2.24, 2.45) is 5.92 Å². The molecule has 2 aliphatic rings. The normalized spacial score (nSPS) is 26.2. The first-order chi connectivity index (χ1) is 9.78. The topological polar surface area (TPSA) is 21.8 Å². The van der Waals surface area contributed by atoms with Crippen LogP contribution in [0.25, 0.3) is 0 Å². The number of hydrogen-bond donors (Lipinski definition) is 1. The molecule has 2 rings (SSSR count). The highest BCUT2D eigenvalue weighted by Gasteiger charge is 2.18. The van der Waals surface area contributed by atoms with Gasteiger partial charge in [0.15, 0.2) is 0 Å². The third kappa shape index (κ3) is 5.68. The van der Waals surface area contributed by atoms with Crippen LogP contribution in [0.2, 0.25) is 0 Å². The van der Waals surface area contributed by atoms with Gasteiger partial charge in [-0.05, 0) is 51.9 Å². The fourth-order valence-electron chi connectivity index (χ4n) is 3.41. The van der Waals surface area contributed by atoms with E-state index in [9.17, 15) is 0 Å². The van der Waals surface area contributed by atoms with Gasteiger partial charge in [0.25, 0.3) is 0 Å². The lowest BCUT2D eigenvalue weighted by Crippen LogP contribution is -2.48. The van der Waals surface area contributed by atoms with Crippen molar-refractivity contribution in [3.8, 4) is 0 Å². The van der Waals surface area contributed by atoms with E-state index in [0.717, 1.165) is 5.92 Å². The molecule has 2 saturated heterocycles. The van der Waals surface area contributed by atoms with Crippen LogP contribution >= 0.6 is 0 Å². The zero-order valence-electron chi connectivity index (χ0n) is 13.6. The molecule has 0 aliphatic carbocycles. The lowest BCUT2D eigenvalue weighted by molar-refractivity contribution is 0.126. The van der Waals surface area contributed by atoms with E-state index < -0.39 is 0 Å². The molecule has 0 bridgehead atoms. The first-order valence-electron chi connectivity index (χ1n) is 8.62. The lowest BCUT2D eigenvalue weighted by Gasteiger charge is -2.35. The Morgan fingerprint density at radius 3 is 2.60 bits per heavy atom. The maximum atomic E-state index is 3.55. The third-order valence-electron chi connectivity index (χ3n) is 4.78. The Morgan fingerprint density at radius 1 is 1.15 bits per heavy atom. The van der Waals surface area contributed by atoms with Crippen molar-refractivity contribution in [1.29, 1.82) is 0 Å². The molecular weight excluding hydrogens is 248 g/mol. The van der Waals surface area contributed by atoms with Gasteiger partial charge >= 0.3 is 0 Å². The van der Waals surface area contributed by atoms with Gasteiger partial charge in [-0.3, -0.25) is 4.90 Å². The monoisotopic (exact) mass is 282 g/mol. The van der Waals surface area contributed by atoms with E-state index in [2.05, 4.69) is 34.0 Å². The van der Waals surface area contributed by atoms with Crippen molar-refractivity contribution >= 4 is 0 Å². The first kappa shape index (κ1) is 16.2. The van der Waals surface area contributed by atoms with Crippen molar-refractivity contribution in [3.05, 3.63) is 0 Å². The Morgan fingerprint density at radius 2 is 1.95 bits per heavy atom. The summed E-state index contributed by atoms with van der Waals surface area (Å²) in [5.74, 6) is 0.878. The van der Waals surface area contributed by atoms with E-state index >= 15 is 0 Å². The summed E-state index contributed by atoms with van der Waals surface area (Å²) >= 11 is 0. The standard InChI is InChI=1S/C16H34N4/c1-3-7-20(15-16-5-4-6-17-14-16)13-12-19-10-8-18(2)9-11-19/h16-17H,3-15H2,1-2H3. The van der Waals surface area contributed by atoms with Crippen LogP contribution < -0.4 is 5.32 Å². The minimum absolute atomic E-state index is 0.878. The van der Waals surface area contributed by atoms with Crippen molar-refractivity contribution in [2.45, 2.75) is 26.2 Å². The lowest BCUT2D eigenvalue weighted by atomic mass is 9.99. The zero-order valence-corrected chi connectivity index (χ0v) is 13.6. The number of hydrogen-bond acceptors (Lipinski definition) is 4. The number of likely N-dealkylation sites (N-methyl/N-ethyl adjacent to an activating group) is 1. The van der Waals surface area contributed by atoms with Crippen LogP contribution in [0.5, 0.6) is 0 Å². The van der Waals surface area contributed by atoms with Gasteiger partial charge in [0.1, 0.15) is 0 Å². The third-order valence-corrected chi connectivity index (χ3v) is 4.78. The predicted molar refractivity (Wildman–Crippen MR) is 86.3 cm³/mol. The van der Waals surface area contributed by atoms with E-state index in [1.54, 1.807) is 0 Å².